The normalized spacial score (nSPS) is 20.9. The van der Waals surface area contributed by atoms with Crippen molar-refractivity contribution in [2.24, 2.45) is 0 Å². The second-order valence-corrected chi connectivity index (χ2v) is 9.47. The van der Waals surface area contributed by atoms with Gasteiger partial charge in [0.2, 0.25) is 5.91 Å². The maximum absolute atomic E-state index is 13.7. The second-order valence-electron chi connectivity index (χ2n) is 9.47. The summed E-state index contributed by atoms with van der Waals surface area (Å²) in [5, 5.41) is 3.14. The lowest BCUT2D eigenvalue weighted by Gasteiger charge is -2.41. The summed E-state index contributed by atoms with van der Waals surface area (Å²) in [6.07, 6.45) is 0.861. The average Bonchev–Trinajstić information content (AvgIpc) is 2.91. The van der Waals surface area contributed by atoms with Gasteiger partial charge in [0.1, 0.15) is 5.82 Å². The second kappa shape index (κ2) is 12.4. The van der Waals surface area contributed by atoms with E-state index in [1.54, 1.807) is 30.2 Å². The Hall–Kier alpha value is -2.81. The highest BCUT2D eigenvalue weighted by molar-refractivity contribution is 6.01. The first-order valence-electron chi connectivity index (χ1n) is 12.9. The van der Waals surface area contributed by atoms with Crippen LogP contribution in [0.1, 0.15) is 46.8 Å². The van der Waals surface area contributed by atoms with Gasteiger partial charge in [-0.1, -0.05) is 37.3 Å². The highest BCUT2D eigenvalue weighted by atomic mass is 19.1. The predicted octanol–water partition coefficient (Wildman–Crippen LogP) is 2.90. The fourth-order valence-electron chi connectivity index (χ4n) is 5.29. The van der Waals surface area contributed by atoms with E-state index in [0.29, 0.717) is 30.8 Å². The van der Waals surface area contributed by atoms with Crippen LogP contribution >= 0.6 is 0 Å². The molecule has 0 spiro atoms. The number of piperazine rings is 1. The Morgan fingerprint density at radius 3 is 2.42 bits per heavy atom. The van der Waals surface area contributed by atoms with Crippen LogP contribution < -0.4 is 5.32 Å². The minimum absolute atomic E-state index is 0.123. The van der Waals surface area contributed by atoms with E-state index >= 15 is 0 Å². The van der Waals surface area contributed by atoms with Crippen LogP contribution in [-0.4, -0.2) is 92.6 Å². The summed E-state index contributed by atoms with van der Waals surface area (Å²) in [5.74, 6) is -1.23. The number of carbonyl (C=O) groups is 2. The average molecular weight is 497 g/mol. The van der Waals surface area contributed by atoms with Gasteiger partial charge in [0, 0.05) is 51.9 Å². The molecule has 36 heavy (non-hydrogen) atoms. The number of methoxy groups -OCH3 is 1. The Bertz CT molecular complexity index is 1020. The van der Waals surface area contributed by atoms with E-state index in [1.165, 1.54) is 12.1 Å². The molecule has 0 unspecified atom stereocenters. The monoisotopic (exact) mass is 496 g/mol. The zero-order valence-electron chi connectivity index (χ0n) is 21.3. The van der Waals surface area contributed by atoms with E-state index in [2.05, 4.69) is 22.0 Å². The molecular formula is C28H37FN4O3. The van der Waals surface area contributed by atoms with Crippen molar-refractivity contribution < 1.29 is 18.7 Å². The Labute approximate surface area is 213 Å². The number of benzene rings is 2. The molecule has 194 valence electrons. The molecule has 1 fully saturated rings. The Morgan fingerprint density at radius 1 is 1.03 bits per heavy atom. The molecule has 1 N–H and O–H groups in total. The van der Waals surface area contributed by atoms with E-state index in [1.807, 2.05) is 18.2 Å². The molecule has 2 aromatic rings. The first kappa shape index (κ1) is 26.3. The van der Waals surface area contributed by atoms with Gasteiger partial charge in [0.15, 0.2) is 0 Å². The molecule has 2 atom stereocenters. The summed E-state index contributed by atoms with van der Waals surface area (Å²) in [6, 6.07) is 12.8. The number of halogens is 1. The largest absolute Gasteiger partial charge is 0.383 e. The van der Waals surface area contributed by atoms with Gasteiger partial charge in [0.05, 0.1) is 18.6 Å². The third-order valence-electron chi connectivity index (χ3n) is 7.33. The van der Waals surface area contributed by atoms with E-state index in [4.69, 9.17) is 4.74 Å². The van der Waals surface area contributed by atoms with Gasteiger partial charge >= 0.3 is 0 Å². The van der Waals surface area contributed by atoms with Crippen molar-refractivity contribution in [2.75, 3.05) is 66.1 Å². The quantitative estimate of drug-likeness (QED) is 0.513. The fraction of sp³-hybridized carbons (Fsp3) is 0.500. The zero-order valence-corrected chi connectivity index (χ0v) is 21.3. The molecule has 1 saturated heterocycles. The van der Waals surface area contributed by atoms with E-state index in [0.717, 1.165) is 51.3 Å². The van der Waals surface area contributed by atoms with Crippen molar-refractivity contribution in [3.8, 4) is 0 Å². The molecule has 0 aromatic heterocycles. The Morgan fingerprint density at radius 2 is 1.72 bits per heavy atom. The lowest BCUT2D eigenvalue weighted by Crippen LogP contribution is -2.49. The minimum Gasteiger partial charge on any atom is -0.383 e. The minimum atomic E-state index is -0.602. The zero-order chi connectivity index (χ0) is 25.5. The highest BCUT2D eigenvalue weighted by Crippen LogP contribution is 2.42. The number of fused-ring (bicyclic) bond motifs is 1. The van der Waals surface area contributed by atoms with Crippen molar-refractivity contribution in [3.05, 3.63) is 71.0 Å². The molecule has 2 aliphatic rings. The summed E-state index contributed by atoms with van der Waals surface area (Å²) in [7, 11) is 1.58. The van der Waals surface area contributed by atoms with Crippen LogP contribution in [0.4, 0.5) is 4.39 Å². The smallest absolute Gasteiger partial charge is 0.254 e. The molecule has 2 aromatic carbocycles. The molecule has 2 amide bonds. The lowest BCUT2D eigenvalue weighted by molar-refractivity contribution is -0.124. The fourth-order valence-corrected chi connectivity index (χ4v) is 5.29. The molecule has 0 bridgehead atoms. The van der Waals surface area contributed by atoms with Gasteiger partial charge in [-0.2, -0.15) is 0 Å². The van der Waals surface area contributed by atoms with Crippen molar-refractivity contribution >= 4 is 11.8 Å². The van der Waals surface area contributed by atoms with Crippen LogP contribution in [0, 0.1) is 5.82 Å². The van der Waals surface area contributed by atoms with Gasteiger partial charge in [-0.05, 0) is 48.8 Å². The van der Waals surface area contributed by atoms with Crippen LogP contribution in [0.15, 0.2) is 48.5 Å². The van der Waals surface area contributed by atoms with E-state index in [-0.39, 0.29) is 17.6 Å². The van der Waals surface area contributed by atoms with Gasteiger partial charge in [0.25, 0.3) is 5.91 Å². The topological polar surface area (TPSA) is 65.1 Å². The van der Waals surface area contributed by atoms with Gasteiger partial charge < -0.3 is 24.8 Å². The summed E-state index contributed by atoms with van der Waals surface area (Å²) >= 11 is 0. The third kappa shape index (κ3) is 5.94. The maximum atomic E-state index is 13.7. The molecule has 7 nitrogen and oxygen atoms in total. The Balaban J connectivity index is 1.52. The first-order valence-corrected chi connectivity index (χ1v) is 12.9. The van der Waals surface area contributed by atoms with Gasteiger partial charge in [-0.15, -0.1) is 0 Å². The Kier molecular flexibility index (Phi) is 9.07. The molecule has 0 radical (unpaired) electrons. The molecule has 2 heterocycles. The van der Waals surface area contributed by atoms with Crippen molar-refractivity contribution in [1.82, 2.24) is 20.0 Å². The van der Waals surface area contributed by atoms with Crippen LogP contribution in [0.3, 0.4) is 0 Å². The molecule has 4 rings (SSSR count). The van der Waals surface area contributed by atoms with Crippen LogP contribution in [-0.2, 0) is 9.53 Å². The maximum Gasteiger partial charge on any atom is 0.254 e. The molecule has 0 aliphatic carbocycles. The third-order valence-corrected chi connectivity index (χ3v) is 7.33. The lowest BCUT2D eigenvalue weighted by atomic mass is 9.79. The molecule has 8 heteroatoms. The van der Waals surface area contributed by atoms with Crippen molar-refractivity contribution in [2.45, 2.75) is 25.3 Å². The number of likely N-dealkylation sites (N-methyl/N-ethyl adjacent to an activating group) is 1. The predicted molar refractivity (Wildman–Crippen MR) is 137 cm³/mol. The van der Waals surface area contributed by atoms with E-state index < -0.39 is 12.0 Å². The number of hydrogen-bond acceptors (Lipinski definition) is 5. The number of amides is 2. The van der Waals surface area contributed by atoms with Crippen molar-refractivity contribution in [1.29, 1.82) is 0 Å². The van der Waals surface area contributed by atoms with Crippen molar-refractivity contribution in [3.63, 3.8) is 0 Å². The standard InChI is InChI=1S/C28H37FN4O3/c1-3-31-15-17-32(18-16-31)14-6-13-30-27(34)25-23-7-4-5-8-24(23)28(35)33(19-20-36-2)26(25)21-9-11-22(29)12-10-21/h4-5,7-12,25-26H,3,6,13-20H2,1-2H3,(H,30,34)/t25-,26+/m1/s1. The number of nitrogens with zero attached hydrogens (tertiary/aromatic N) is 3. The number of ether oxygens (including phenoxy) is 1. The number of hydrogen-bond donors (Lipinski definition) is 1. The highest BCUT2D eigenvalue weighted by Gasteiger charge is 2.43. The number of carbonyl (C=O) groups excluding carboxylic acids is 2. The summed E-state index contributed by atoms with van der Waals surface area (Å²) in [4.78, 5) is 33.8. The summed E-state index contributed by atoms with van der Waals surface area (Å²) < 4.78 is 19.0. The van der Waals surface area contributed by atoms with Crippen LogP contribution in [0.25, 0.3) is 0 Å². The van der Waals surface area contributed by atoms with E-state index in [9.17, 15) is 14.0 Å². The summed E-state index contributed by atoms with van der Waals surface area (Å²) in [6.45, 7) is 9.75. The number of rotatable bonds is 10. The molecule has 0 saturated carbocycles. The van der Waals surface area contributed by atoms with Crippen LogP contribution in [0.5, 0.6) is 0 Å². The first-order chi connectivity index (χ1) is 17.5. The summed E-state index contributed by atoms with van der Waals surface area (Å²) in [5.41, 5.74) is 1.96. The SMILES string of the molecule is CCN1CCN(CCCNC(=O)[C@@H]2c3ccccc3C(=O)N(CCOC)[C@H]2c2ccc(F)cc2)CC1. The molecular weight excluding hydrogens is 459 g/mol. The number of nitrogens with one attached hydrogen (secondary N) is 1. The van der Waals surface area contributed by atoms with Gasteiger partial charge in [-0.3, -0.25) is 9.59 Å². The molecule has 2 aliphatic heterocycles. The van der Waals surface area contributed by atoms with Gasteiger partial charge in [-0.25, -0.2) is 4.39 Å². The van der Waals surface area contributed by atoms with Crippen LogP contribution in [0.2, 0.25) is 0 Å².